The molecule has 1 aromatic rings. The van der Waals surface area contributed by atoms with Gasteiger partial charge in [-0.05, 0) is 37.8 Å². The topological polar surface area (TPSA) is 63.6 Å². The van der Waals surface area contributed by atoms with Crippen LogP contribution in [0.4, 0.5) is 0 Å². The quantitative estimate of drug-likeness (QED) is 0.152. The fraction of sp³-hybridized carbons (Fsp3) is 0.615. The summed E-state index contributed by atoms with van der Waals surface area (Å²) in [5, 5.41) is 9.12. The van der Waals surface area contributed by atoms with Gasteiger partial charge in [-0.3, -0.25) is 0 Å². The normalized spacial score (nSPS) is 11.1. The standard InChI is InChI=1S/C26H40O4/c1-2-3-4-5-6-7-8-9-10-11-12-13-14-15-16-19-22-30-26(29)24-21-18-17-20-23(24)25(27)28/h5-6,17-18,20-21H,2-4,7-16,19,22H2,1H3,(H,27,28)/b6-5+. The zero-order valence-electron chi connectivity index (χ0n) is 18.7. The molecule has 0 aliphatic carbocycles. The molecule has 4 heteroatoms. The van der Waals surface area contributed by atoms with Gasteiger partial charge in [-0.15, -0.1) is 0 Å². The lowest BCUT2D eigenvalue weighted by molar-refractivity contribution is 0.0487. The monoisotopic (exact) mass is 416 g/mol. The number of carboxylic acid groups (broad SMARTS) is 1. The van der Waals surface area contributed by atoms with Gasteiger partial charge >= 0.3 is 11.9 Å². The third kappa shape index (κ3) is 12.5. The van der Waals surface area contributed by atoms with Gasteiger partial charge in [-0.25, -0.2) is 9.59 Å². The minimum Gasteiger partial charge on any atom is -0.478 e. The molecule has 0 heterocycles. The zero-order valence-corrected chi connectivity index (χ0v) is 18.7. The van der Waals surface area contributed by atoms with Crippen LogP contribution in [-0.4, -0.2) is 23.7 Å². The van der Waals surface area contributed by atoms with Crippen LogP contribution in [0.25, 0.3) is 0 Å². The van der Waals surface area contributed by atoms with Gasteiger partial charge < -0.3 is 9.84 Å². The molecule has 0 aliphatic heterocycles. The Kier molecular flexibility index (Phi) is 15.3. The van der Waals surface area contributed by atoms with E-state index in [9.17, 15) is 9.59 Å². The van der Waals surface area contributed by atoms with Gasteiger partial charge in [0.2, 0.25) is 0 Å². The van der Waals surface area contributed by atoms with Crippen LogP contribution in [0.2, 0.25) is 0 Å². The summed E-state index contributed by atoms with van der Waals surface area (Å²) in [6.07, 6.45) is 21.9. The number of carbonyl (C=O) groups excluding carboxylic acids is 1. The van der Waals surface area contributed by atoms with Crippen LogP contribution < -0.4 is 0 Å². The lowest BCUT2D eigenvalue weighted by Crippen LogP contribution is -2.12. The summed E-state index contributed by atoms with van der Waals surface area (Å²) in [4.78, 5) is 23.2. The summed E-state index contributed by atoms with van der Waals surface area (Å²) in [6, 6.07) is 6.17. The molecule has 4 nitrogen and oxygen atoms in total. The average Bonchev–Trinajstić information content (AvgIpc) is 2.75. The first-order chi connectivity index (χ1) is 14.7. The second kappa shape index (κ2) is 17.7. The molecule has 0 atom stereocenters. The molecular weight excluding hydrogens is 376 g/mol. The van der Waals surface area contributed by atoms with E-state index in [2.05, 4.69) is 19.1 Å². The molecule has 30 heavy (non-hydrogen) atoms. The molecule has 168 valence electrons. The highest BCUT2D eigenvalue weighted by Gasteiger charge is 2.16. The van der Waals surface area contributed by atoms with Gasteiger partial charge in [0.15, 0.2) is 0 Å². The second-order valence-corrected chi connectivity index (χ2v) is 7.92. The Morgan fingerprint density at radius 3 is 1.83 bits per heavy atom. The number of carboxylic acids is 1. The predicted molar refractivity (Wildman–Crippen MR) is 123 cm³/mol. The third-order valence-electron chi connectivity index (χ3n) is 5.27. The van der Waals surface area contributed by atoms with Crippen LogP contribution >= 0.6 is 0 Å². The van der Waals surface area contributed by atoms with Crippen molar-refractivity contribution in [2.45, 2.75) is 96.8 Å². The predicted octanol–water partition coefficient (Wildman–Crippen LogP) is 7.58. The number of allylic oxidation sites excluding steroid dienone is 2. The maximum absolute atomic E-state index is 12.0. The second-order valence-electron chi connectivity index (χ2n) is 7.92. The van der Waals surface area contributed by atoms with Crippen LogP contribution in [0.3, 0.4) is 0 Å². The van der Waals surface area contributed by atoms with Crippen LogP contribution in [-0.2, 0) is 4.74 Å². The first kappa shape index (κ1) is 25.9. The number of rotatable bonds is 18. The highest BCUT2D eigenvalue weighted by atomic mass is 16.5. The van der Waals surface area contributed by atoms with Crippen molar-refractivity contribution in [2.24, 2.45) is 0 Å². The van der Waals surface area contributed by atoms with E-state index in [4.69, 9.17) is 9.84 Å². The third-order valence-corrected chi connectivity index (χ3v) is 5.27. The number of carbonyl (C=O) groups is 2. The average molecular weight is 417 g/mol. The molecule has 1 N–H and O–H groups in total. The van der Waals surface area contributed by atoms with Crippen LogP contribution in [0.1, 0.15) is 118 Å². The summed E-state index contributed by atoms with van der Waals surface area (Å²) in [5.41, 5.74) is 0.114. The molecule has 0 amide bonds. The van der Waals surface area contributed by atoms with E-state index in [0.29, 0.717) is 6.61 Å². The highest BCUT2D eigenvalue weighted by Crippen LogP contribution is 2.13. The van der Waals surface area contributed by atoms with E-state index in [1.54, 1.807) is 12.1 Å². The van der Waals surface area contributed by atoms with Crippen molar-refractivity contribution in [2.75, 3.05) is 6.61 Å². The maximum Gasteiger partial charge on any atom is 0.339 e. The SMILES string of the molecule is CCCC/C=C/CCCCCCCCCCCCOC(=O)c1ccccc1C(=O)O. The van der Waals surface area contributed by atoms with Crippen molar-refractivity contribution in [3.05, 3.63) is 47.5 Å². The lowest BCUT2D eigenvalue weighted by Gasteiger charge is -2.07. The summed E-state index contributed by atoms with van der Waals surface area (Å²) in [6.45, 7) is 2.58. The van der Waals surface area contributed by atoms with Crippen molar-refractivity contribution in [3.63, 3.8) is 0 Å². The fourth-order valence-corrected chi connectivity index (χ4v) is 3.43. The number of ether oxygens (including phenoxy) is 1. The first-order valence-electron chi connectivity index (χ1n) is 11.8. The smallest absolute Gasteiger partial charge is 0.339 e. The molecule has 0 fully saturated rings. The summed E-state index contributed by atoms with van der Waals surface area (Å²) in [5.74, 6) is -1.66. The summed E-state index contributed by atoms with van der Waals surface area (Å²) >= 11 is 0. The van der Waals surface area contributed by atoms with Gasteiger partial charge in [0.05, 0.1) is 17.7 Å². The molecule has 0 bridgehead atoms. The number of unbranched alkanes of at least 4 members (excludes halogenated alkanes) is 12. The number of benzene rings is 1. The Morgan fingerprint density at radius 2 is 1.27 bits per heavy atom. The minimum absolute atomic E-state index is 0.00839. The zero-order chi connectivity index (χ0) is 21.9. The lowest BCUT2D eigenvalue weighted by atomic mass is 10.1. The molecular formula is C26H40O4. The fourth-order valence-electron chi connectivity index (χ4n) is 3.43. The molecule has 0 saturated heterocycles. The van der Waals surface area contributed by atoms with Crippen molar-refractivity contribution >= 4 is 11.9 Å². The minimum atomic E-state index is -1.11. The molecule has 1 aromatic carbocycles. The van der Waals surface area contributed by atoms with Gasteiger partial charge in [-0.1, -0.05) is 95.4 Å². The van der Waals surface area contributed by atoms with Gasteiger partial charge in [-0.2, -0.15) is 0 Å². The number of hydrogen-bond acceptors (Lipinski definition) is 3. The Morgan fingerprint density at radius 1 is 0.767 bits per heavy atom. The van der Waals surface area contributed by atoms with Crippen molar-refractivity contribution < 1.29 is 19.4 Å². The number of hydrogen-bond donors (Lipinski definition) is 1. The Bertz CT molecular complexity index is 621. The molecule has 0 aromatic heterocycles. The molecule has 0 spiro atoms. The van der Waals surface area contributed by atoms with Crippen LogP contribution in [0.5, 0.6) is 0 Å². The van der Waals surface area contributed by atoms with E-state index in [-0.39, 0.29) is 11.1 Å². The summed E-state index contributed by atoms with van der Waals surface area (Å²) in [7, 11) is 0. The first-order valence-corrected chi connectivity index (χ1v) is 11.8. The number of aromatic carboxylic acids is 1. The van der Waals surface area contributed by atoms with Gasteiger partial charge in [0.1, 0.15) is 0 Å². The van der Waals surface area contributed by atoms with Gasteiger partial charge in [0, 0.05) is 0 Å². The number of esters is 1. The Balaban J connectivity index is 1.92. The molecule has 0 unspecified atom stereocenters. The van der Waals surface area contributed by atoms with Crippen LogP contribution in [0, 0.1) is 0 Å². The van der Waals surface area contributed by atoms with E-state index in [1.807, 2.05) is 0 Å². The molecule has 0 radical (unpaired) electrons. The van der Waals surface area contributed by atoms with E-state index in [0.717, 1.165) is 19.3 Å². The largest absolute Gasteiger partial charge is 0.478 e. The van der Waals surface area contributed by atoms with E-state index >= 15 is 0 Å². The molecule has 1 rings (SSSR count). The van der Waals surface area contributed by atoms with E-state index < -0.39 is 11.9 Å². The van der Waals surface area contributed by atoms with Crippen molar-refractivity contribution in [1.82, 2.24) is 0 Å². The Hall–Kier alpha value is -2.10. The Labute approximate surface area is 182 Å². The highest BCUT2D eigenvalue weighted by molar-refractivity contribution is 6.02. The maximum atomic E-state index is 12.0. The van der Waals surface area contributed by atoms with Crippen molar-refractivity contribution in [1.29, 1.82) is 0 Å². The van der Waals surface area contributed by atoms with Crippen LogP contribution in [0.15, 0.2) is 36.4 Å². The van der Waals surface area contributed by atoms with Crippen molar-refractivity contribution in [3.8, 4) is 0 Å². The molecule has 0 saturated carbocycles. The summed E-state index contributed by atoms with van der Waals surface area (Å²) < 4.78 is 5.23. The van der Waals surface area contributed by atoms with E-state index in [1.165, 1.54) is 82.8 Å². The molecule has 0 aliphatic rings. The van der Waals surface area contributed by atoms with Gasteiger partial charge in [0.25, 0.3) is 0 Å².